The molecule has 1 heterocycles. The third-order valence-electron chi connectivity index (χ3n) is 4.47. The molecule has 0 unspecified atom stereocenters. The maximum Gasteiger partial charge on any atom is 0.243 e. The van der Waals surface area contributed by atoms with Gasteiger partial charge in [0.1, 0.15) is 0 Å². The minimum Gasteiger partial charge on any atom is -0.339 e. The van der Waals surface area contributed by atoms with Crippen LogP contribution in [0, 0.1) is 0 Å². The molecule has 1 amide bonds. The Hall–Kier alpha value is -1.93. The lowest BCUT2D eigenvalue weighted by molar-refractivity contribution is -0.132. The molecule has 0 radical (unpaired) electrons. The van der Waals surface area contributed by atoms with E-state index in [-0.39, 0.29) is 23.9 Å². The monoisotopic (exact) mass is 407 g/mol. The standard InChI is InChI=1S/C19H22ClN3O3S/c20-18-9-5-4-6-16(18)14-23(15-19(24)22-12-10-21-11-13-22)27(25,26)17-7-2-1-3-8-17/h1-9,21H,10-15H2. The van der Waals surface area contributed by atoms with Crippen LogP contribution >= 0.6 is 11.6 Å². The van der Waals surface area contributed by atoms with E-state index in [1.807, 2.05) is 0 Å². The number of rotatable bonds is 6. The van der Waals surface area contributed by atoms with Gasteiger partial charge in [0.15, 0.2) is 0 Å². The summed E-state index contributed by atoms with van der Waals surface area (Å²) in [5, 5.41) is 3.66. The van der Waals surface area contributed by atoms with Gasteiger partial charge in [-0.3, -0.25) is 4.79 Å². The van der Waals surface area contributed by atoms with E-state index >= 15 is 0 Å². The molecule has 0 bridgehead atoms. The third kappa shape index (κ3) is 4.87. The Morgan fingerprint density at radius 2 is 1.67 bits per heavy atom. The van der Waals surface area contributed by atoms with Crippen molar-refractivity contribution in [3.05, 3.63) is 65.2 Å². The van der Waals surface area contributed by atoms with Crippen LogP contribution in [-0.4, -0.2) is 56.3 Å². The van der Waals surface area contributed by atoms with E-state index in [1.165, 1.54) is 16.4 Å². The Kier molecular flexibility index (Phi) is 6.49. The second-order valence-electron chi connectivity index (χ2n) is 6.31. The smallest absolute Gasteiger partial charge is 0.243 e. The summed E-state index contributed by atoms with van der Waals surface area (Å²) >= 11 is 6.22. The third-order valence-corrected chi connectivity index (χ3v) is 6.64. The molecule has 0 atom stereocenters. The number of sulfonamides is 1. The molecule has 3 rings (SSSR count). The van der Waals surface area contributed by atoms with Crippen molar-refractivity contribution in [1.29, 1.82) is 0 Å². The van der Waals surface area contributed by atoms with Gasteiger partial charge in [-0.2, -0.15) is 4.31 Å². The van der Waals surface area contributed by atoms with Crippen molar-refractivity contribution in [2.45, 2.75) is 11.4 Å². The Bertz CT molecular complexity index is 884. The molecule has 0 spiro atoms. The van der Waals surface area contributed by atoms with Gasteiger partial charge < -0.3 is 10.2 Å². The lowest BCUT2D eigenvalue weighted by atomic mass is 10.2. The van der Waals surface area contributed by atoms with Crippen LogP contribution in [0.2, 0.25) is 5.02 Å². The molecule has 2 aromatic rings. The molecule has 1 N–H and O–H groups in total. The van der Waals surface area contributed by atoms with E-state index in [2.05, 4.69) is 5.32 Å². The van der Waals surface area contributed by atoms with Gasteiger partial charge in [0, 0.05) is 37.7 Å². The van der Waals surface area contributed by atoms with Crippen molar-refractivity contribution in [2.24, 2.45) is 0 Å². The number of hydrogen-bond acceptors (Lipinski definition) is 4. The predicted octanol–water partition coefficient (Wildman–Crippen LogP) is 1.96. The van der Waals surface area contributed by atoms with Crippen molar-refractivity contribution in [3.63, 3.8) is 0 Å². The van der Waals surface area contributed by atoms with Crippen molar-refractivity contribution in [3.8, 4) is 0 Å². The topological polar surface area (TPSA) is 69.7 Å². The average Bonchev–Trinajstić information content (AvgIpc) is 2.70. The van der Waals surface area contributed by atoms with Gasteiger partial charge >= 0.3 is 0 Å². The van der Waals surface area contributed by atoms with Gasteiger partial charge in [-0.05, 0) is 23.8 Å². The first kappa shape index (κ1) is 19.8. The summed E-state index contributed by atoms with van der Waals surface area (Å²) in [5.41, 5.74) is 0.659. The van der Waals surface area contributed by atoms with Crippen LogP contribution in [0.1, 0.15) is 5.56 Å². The van der Waals surface area contributed by atoms with E-state index in [0.717, 1.165) is 0 Å². The number of piperazine rings is 1. The highest BCUT2D eigenvalue weighted by Crippen LogP contribution is 2.22. The molecular formula is C19H22ClN3O3S. The van der Waals surface area contributed by atoms with Crippen LogP contribution in [0.15, 0.2) is 59.5 Å². The first-order chi connectivity index (χ1) is 13.0. The van der Waals surface area contributed by atoms with E-state index in [0.29, 0.717) is 36.8 Å². The summed E-state index contributed by atoms with van der Waals surface area (Å²) < 4.78 is 27.5. The van der Waals surface area contributed by atoms with Crippen LogP contribution in [0.3, 0.4) is 0 Å². The molecule has 144 valence electrons. The molecule has 0 saturated carbocycles. The molecule has 1 saturated heterocycles. The number of hydrogen-bond donors (Lipinski definition) is 1. The normalized spacial score (nSPS) is 15.1. The number of nitrogens with zero attached hydrogens (tertiary/aromatic N) is 2. The maximum absolute atomic E-state index is 13.2. The lowest BCUT2D eigenvalue weighted by Crippen LogP contribution is -2.50. The first-order valence-electron chi connectivity index (χ1n) is 8.75. The van der Waals surface area contributed by atoms with Crippen LogP contribution < -0.4 is 5.32 Å². The molecule has 6 nitrogen and oxygen atoms in total. The molecule has 1 aliphatic rings. The van der Waals surface area contributed by atoms with Gasteiger partial charge in [-0.1, -0.05) is 48.0 Å². The molecule has 2 aromatic carbocycles. The maximum atomic E-state index is 13.2. The van der Waals surface area contributed by atoms with Crippen molar-refractivity contribution >= 4 is 27.5 Å². The van der Waals surface area contributed by atoms with Crippen molar-refractivity contribution < 1.29 is 13.2 Å². The number of amides is 1. The molecule has 0 aliphatic carbocycles. The zero-order valence-corrected chi connectivity index (χ0v) is 16.4. The molecule has 8 heteroatoms. The Labute approximate surface area is 164 Å². The van der Waals surface area contributed by atoms with Crippen molar-refractivity contribution in [1.82, 2.24) is 14.5 Å². The van der Waals surface area contributed by atoms with E-state index in [9.17, 15) is 13.2 Å². The SMILES string of the molecule is O=C(CN(Cc1ccccc1Cl)S(=O)(=O)c1ccccc1)N1CCNCC1. The Morgan fingerprint density at radius 3 is 2.33 bits per heavy atom. The van der Waals surface area contributed by atoms with E-state index < -0.39 is 10.0 Å². The fraction of sp³-hybridized carbons (Fsp3) is 0.316. The zero-order valence-electron chi connectivity index (χ0n) is 14.8. The minimum absolute atomic E-state index is 0.0364. The summed E-state index contributed by atoms with van der Waals surface area (Å²) in [6.07, 6.45) is 0. The van der Waals surface area contributed by atoms with E-state index in [4.69, 9.17) is 11.6 Å². The minimum atomic E-state index is -3.84. The quantitative estimate of drug-likeness (QED) is 0.794. The number of carbonyl (C=O) groups is 1. The summed E-state index contributed by atoms with van der Waals surface area (Å²) in [6.45, 7) is 2.38. The van der Waals surface area contributed by atoms with Crippen molar-refractivity contribution in [2.75, 3.05) is 32.7 Å². The highest BCUT2D eigenvalue weighted by molar-refractivity contribution is 7.89. The molecule has 1 fully saturated rings. The fourth-order valence-corrected chi connectivity index (χ4v) is 4.53. The Morgan fingerprint density at radius 1 is 1.04 bits per heavy atom. The number of benzene rings is 2. The summed E-state index contributed by atoms with van der Waals surface area (Å²) in [7, 11) is -3.84. The lowest BCUT2D eigenvalue weighted by Gasteiger charge is -2.30. The Balaban J connectivity index is 1.88. The number of halogens is 1. The molecule has 27 heavy (non-hydrogen) atoms. The van der Waals surface area contributed by atoms with Crippen LogP contribution in [0.4, 0.5) is 0 Å². The van der Waals surface area contributed by atoms with Crippen LogP contribution in [0.5, 0.6) is 0 Å². The first-order valence-corrected chi connectivity index (χ1v) is 10.6. The summed E-state index contributed by atoms with van der Waals surface area (Å²) in [6, 6.07) is 15.2. The van der Waals surface area contributed by atoms with Gasteiger partial charge in [0.2, 0.25) is 15.9 Å². The summed E-state index contributed by atoms with van der Waals surface area (Å²) in [4.78, 5) is 14.6. The average molecular weight is 408 g/mol. The molecule has 1 aliphatic heterocycles. The van der Waals surface area contributed by atoms with Crippen LogP contribution in [0.25, 0.3) is 0 Å². The van der Waals surface area contributed by atoms with E-state index in [1.54, 1.807) is 47.4 Å². The molecule has 0 aromatic heterocycles. The van der Waals surface area contributed by atoms with Gasteiger partial charge in [0.05, 0.1) is 11.4 Å². The highest BCUT2D eigenvalue weighted by Gasteiger charge is 2.29. The van der Waals surface area contributed by atoms with Crippen LogP contribution in [-0.2, 0) is 21.4 Å². The highest BCUT2D eigenvalue weighted by atomic mass is 35.5. The second-order valence-corrected chi connectivity index (χ2v) is 8.65. The predicted molar refractivity (Wildman–Crippen MR) is 105 cm³/mol. The number of nitrogens with one attached hydrogen (secondary N) is 1. The number of carbonyl (C=O) groups excluding carboxylic acids is 1. The van der Waals surface area contributed by atoms with Gasteiger partial charge in [0.25, 0.3) is 0 Å². The summed E-state index contributed by atoms with van der Waals surface area (Å²) in [5.74, 6) is -0.206. The molecular weight excluding hydrogens is 386 g/mol. The fourth-order valence-electron chi connectivity index (χ4n) is 2.95. The zero-order chi connectivity index (χ0) is 19.3. The second kappa shape index (κ2) is 8.84. The van der Waals surface area contributed by atoms with Gasteiger partial charge in [-0.25, -0.2) is 8.42 Å². The largest absolute Gasteiger partial charge is 0.339 e. The van der Waals surface area contributed by atoms with Gasteiger partial charge in [-0.15, -0.1) is 0 Å².